The molecule has 0 saturated heterocycles. The highest BCUT2D eigenvalue weighted by Gasteiger charge is 2.69. The minimum absolute atomic E-state index is 0.685. The van der Waals surface area contributed by atoms with Crippen molar-refractivity contribution in [1.82, 2.24) is 0 Å². The molecule has 0 heteroatoms. The first-order valence-electron chi connectivity index (χ1n) is 9.62. The third-order valence-electron chi connectivity index (χ3n) is 9.06. The van der Waals surface area contributed by atoms with Crippen LogP contribution in [0.15, 0.2) is 0 Å². The molecule has 4 bridgehead atoms. The quantitative estimate of drug-likeness (QED) is 0.562. The van der Waals surface area contributed by atoms with Gasteiger partial charge in [-0.25, -0.2) is 0 Å². The van der Waals surface area contributed by atoms with Crippen molar-refractivity contribution in [3.63, 3.8) is 0 Å². The molecule has 0 N–H and O–H groups in total. The number of fused-ring (bicyclic) bond motifs is 12. The highest BCUT2D eigenvalue weighted by molar-refractivity contribution is 5.17. The van der Waals surface area contributed by atoms with Gasteiger partial charge in [0.2, 0.25) is 0 Å². The lowest BCUT2D eigenvalue weighted by molar-refractivity contribution is -0.0304. The molecule has 0 nitrogen and oxygen atoms in total. The van der Waals surface area contributed by atoms with E-state index in [1.54, 1.807) is 38.5 Å². The van der Waals surface area contributed by atoms with E-state index in [1.165, 1.54) is 36.0 Å². The molecule has 20 heavy (non-hydrogen) atoms. The molecule has 5 rings (SSSR count). The van der Waals surface area contributed by atoms with Crippen LogP contribution >= 0.6 is 0 Å². The van der Waals surface area contributed by atoms with Crippen molar-refractivity contribution < 1.29 is 0 Å². The van der Waals surface area contributed by atoms with Crippen LogP contribution in [0.4, 0.5) is 0 Å². The zero-order valence-corrected chi connectivity index (χ0v) is 13.6. The smallest absolute Gasteiger partial charge is 0.0316 e. The van der Waals surface area contributed by atoms with Crippen LogP contribution in [0.2, 0.25) is 0 Å². The van der Waals surface area contributed by atoms with Crippen LogP contribution in [-0.2, 0) is 0 Å². The average Bonchev–Trinajstić information content (AvgIpc) is 3.12. The highest BCUT2D eigenvalue weighted by atomic mass is 14.7. The van der Waals surface area contributed by atoms with Gasteiger partial charge >= 0.3 is 0 Å². The Bertz CT molecular complexity index is 422. The summed E-state index contributed by atoms with van der Waals surface area (Å²) >= 11 is 0. The SMILES string of the molecule is CCC1CCCC2C3CC(C12)C1C2CC(C31)C(C)(C)C2. The fourth-order valence-electron chi connectivity index (χ4n) is 8.82. The lowest BCUT2D eigenvalue weighted by Crippen LogP contribution is -2.45. The van der Waals surface area contributed by atoms with E-state index in [2.05, 4.69) is 20.8 Å². The van der Waals surface area contributed by atoms with Crippen LogP contribution in [0.5, 0.6) is 0 Å². The third-order valence-corrected chi connectivity index (χ3v) is 9.06. The zero-order valence-electron chi connectivity index (χ0n) is 13.6. The summed E-state index contributed by atoms with van der Waals surface area (Å²) < 4.78 is 0. The zero-order chi connectivity index (χ0) is 13.6. The third kappa shape index (κ3) is 1.31. The molecule has 0 heterocycles. The van der Waals surface area contributed by atoms with Gasteiger partial charge in [-0.15, -0.1) is 0 Å². The Morgan fingerprint density at radius 1 is 0.900 bits per heavy atom. The largest absolute Gasteiger partial charge is 0.0651 e. The van der Waals surface area contributed by atoms with Crippen molar-refractivity contribution in [2.75, 3.05) is 0 Å². The maximum Gasteiger partial charge on any atom is -0.0316 e. The maximum atomic E-state index is 2.59. The second-order valence-corrected chi connectivity index (χ2v) is 9.85. The lowest BCUT2D eigenvalue weighted by Gasteiger charge is -2.51. The molecule has 0 spiro atoms. The van der Waals surface area contributed by atoms with Crippen LogP contribution in [0.25, 0.3) is 0 Å². The minimum Gasteiger partial charge on any atom is -0.0651 e. The van der Waals surface area contributed by atoms with Gasteiger partial charge in [0.1, 0.15) is 0 Å². The van der Waals surface area contributed by atoms with Crippen LogP contribution in [-0.4, -0.2) is 0 Å². The summed E-state index contributed by atoms with van der Waals surface area (Å²) in [5.74, 6) is 10.4. The summed E-state index contributed by atoms with van der Waals surface area (Å²) in [4.78, 5) is 0. The van der Waals surface area contributed by atoms with Gasteiger partial charge in [-0.05, 0) is 84.4 Å². The van der Waals surface area contributed by atoms with Crippen LogP contribution in [0.1, 0.15) is 65.7 Å². The normalized spacial score (nSPS) is 61.6. The van der Waals surface area contributed by atoms with Crippen molar-refractivity contribution in [2.24, 2.45) is 58.7 Å². The minimum atomic E-state index is 0.685. The van der Waals surface area contributed by atoms with E-state index in [1.807, 2.05) is 0 Å². The molecule has 112 valence electrons. The highest BCUT2D eigenvalue weighted by Crippen LogP contribution is 2.75. The van der Waals surface area contributed by atoms with Crippen molar-refractivity contribution >= 4 is 0 Å². The summed E-state index contributed by atoms with van der Waals surface area (Å²) in [6.07, 6.45) is 11.0. The van der Waals surface area contributed by atoms with Gasteiger partial charge in [-0.2, -0.15) is 0 Å². The Hall–Kier alpha value is 0. The first-order chi connectivity index (χ1) is 9.62. The predicted octanol–water partition coefficient (Wildman–Crippen LogP) is 5.38. The molecule has 5 saturated carbocycles. The summed E-state index contributed by atoms with van der Waals surface area (Å²) in [6.45, 7) is 7.65. The monoisotopic (exact) mass is 272 g/mol. The van der Waals surface area contributed by atoms with Gasteiger partial charge in [-0.3, -0.25) is 0 Å². The molecule has 0 aromatic rings. The van der Waals surface area contributed by atoms with E-state index in [9.17, 15) is 0 Å². The number of hydrogen-bond acceptors (Lipinski definition) is 0. The van der Waals surface area contributed by atoms with E-state index in [0.29, 0.717) is 5.41 Å². The van der Waals surface area contributed by atoms with Gasteiger partial charge in [-0.1, -0.05) is 40.0 Å². The fourth-order valence-corrected chi connectivity index (χ4v) is 8.82. The number of rotatable bonds is 1. The van der Waals surface area contributed by atoms with Crippen LogP contribution in [0.3, 0.4) is 0 Å². The molecule has 0 radical (unpaired) electrons. The van der Waals surface area contributed by atoms with Crippen molar-refractivity contribution in [3.05, 3.63) is 0 Å². The Labute approximate surface area is 125 Å². The maximum absolute atomic E-state index is 2.59. The van der Waals surface area contributed by atoms with Crippen molar-refractivity contribution in [3.8, 4) is 0 Å². The Morgan fingerprint density at radius 2 is 1.75 bits per heavy atom. The molecule has 0 aliphatic heterocycles. The fraction of sp³-hybridized carbons (Fsp3) is 1.00. The molecule has 9 atom stereocenters. The molecule has 5 fully saturated rings. The first kappa shape index (κ1) is 12.5. The van der Waals surface area contributed by atoms with Gasteiger partial charge < -0.3 is 0 Å². The summed E-state index contributed by atoms with van der Waals surface area (Å²) in [7, 11) is 0. The second-order valence-electron chi connectivity index (χ2n) is 9.85. The number of hydrogen-bond donors (Lipinski definition) is 0. The van der Waals surface area contributed by atoms with Crippen molar-refractivity contribution in [2.45, 2.75) is 65.7 Å². The average molecular weight is 272 g/mol. The standard InChI is InChI=1S/C20H32/c1-4-11-6-5-7-13-14-9-15(17(11)13)18-12-8-16(19(14)18)20(2,3)10-12/h11-19H,4-10H2,1-3H3. The van der Waals surface area contributed by atoms with Crippen molar-refractivity contribution in [1.29, 1.82) is 0 Å². The molecule has 5 aliphatic carbocycles. The summed E-state index contributed by atoms with van der Waals surface area (Å²) in [6, 6.07) is 0. The Kier molecular flexibility index (Phi) is 2.41. The van der Waals surface area contributed by atoms with E-state index in [4.69, 9.17) is 0 Å². The lowest BCUT2D eigenvalue weighted by atomic mass is 9.54. The van der Waals surface area contributed by atoms with Gasteiger partial charge in [0.25, 0.3) is 0 Å². The molecular weight excluding hydrogens is 240 g/mol. The van der Waals surface area contributed by atoms with E-state index >= 15 is 0 Å². The second kappa shape index (κ2) is 3.85. The molecule has 0 amide bonds. The van der Waals surface area contributed by atoms with E-state index < -0.39 is 0 Å². The van der Waals surface area contributed by atoms with E-state index in [-0.39, 0.29) is 0 Å². The Morgan fingerprint density at radius 3 is 2.55 bits per heavy atom. The predicted molar refractivity (Wildman–Crippen MR) is 83.2 cm³/mol. The first-order valence-corrected chi connectivity index (χ1v) is 9.62. The topological polar surface area (TPSA) is 0 Å². The van der Waals surface area contributed by atoms with Gasteiger partial charge in [0.15, 0.2) is 0 Å². The summed E-state index contributed by atoms with van der Waals surface area (Å²) in [5.41, 5.74) is 0.685. The van der Waals surface area contributed by atoms with E-state index in [0.717, 1.165) is 23.7 Å². The summed E-state index contributed by atoms with van der Waals surface area (Å²) in [5, 5.41) is 0. The molecular formula is C20H32. The van der Waals surface area contributed by atoms with Crippen LogP contribution in [0, 0.1) is 58.7 Å². The van der Waals surface area contributed by atoms with Crippen LogP contribution < -0.4 is 0 Å². The van der Waals surface area contributed by atoms with Gasteiger partial charge in [0.05, 0.1) is 0 Å². The molecule has 0 aromatic heterocycles. The molecule has 0 aromatic carbocycles. The molecule has 5 aliphatic rings. The molecule has 9 unspecified atom stereocenters. The van der Waals surface area contributed by atoms with Gasteiger partial charge in [0, 0.05) is 0 Å². The Balaban J connectivity index is 1.51.